The van der Waals surface area contributed by atoms with Crippen molar-refractivity contribution in [3.63, 3.8) is 0 Å². The molecule has 1 rings (SSSR count). The number of carbonyl (C=O) groups is 1. The fourth-order valence-corrected chi connectivity index (χ4v) is 2.59. The average molecular weight is 255 g/mol. The molecule has 1 saturated heterocycles. The molecule has 1 aliphatic rings. The molecular weight excluding hydrogens is 226 g/mol. The number of esters is 1. The van der Waals surface area contributed by atoms with Gasteiger partial charge in [0.15, 0.2) is 0 Å². The largest absolute Gasteiger partial charge is 0.461 e. The smallest absolute Gasteiger partial charge is 0.311 e. The highest BCUT2D eigenvalue weighted by molar-refractivity contribution is 5.75. The van der Waals surface area contributed by atoms with Gasteiger partial charge in [-0.25, -0.2) is 0 Å². The van der Waals surface area contributed by atoms with Crippen LogP contribution in [0, 0.1) is 17.3 Å². The third-order valence-corrected chi connectivity index (χ3v) is 3.93. The van der Waals surface area contributed by atoms with Gasteiger partial charge >= 0.3 is 5.97 Å². The Labute approximate surface area is 112 Å². The number of ether oxygens (including phenoxy) is 1. The molecule has 0 aromatic heterocycles. The van der Waals surface area contributed by atoms with Gasteiger partial charge in [-0.15, -0.1) is 0 Å². The lowest BCUT2D eigenvalue weighted by Crippen LogP contribution is -2.38. The van der Waals surface area contributed by atoms with Gasteiger partial charge in [0, 0.05) is 12.5 Å². The summed E-state index contributed by atoms with van der Waals surface area (Å²) < 4.78 is 5.86. The van der Waals surface area contributed by atoms with Crippen molar-refractivity contribution in [2.24, 2.45) is 17.3 Å². The van der Waals surface area contributed by atoms with E-state index in [1.807, 2.05) is 20.8 Å². The van der Waals surface area contributed by atoms with Crippen LogP contribution in [0.3, 0.4) is 0 Å². The number of hydrogen-bond acceptors (Lipinski definition) is 3. The van der Waals surface area contributed by atoms with Crippen LogP contribution in [0.15, 0.2) is 0 Å². The van der Waals surface area contributed by atoms with Gasteiger partial charge in [0.05, 0.1) is 5.41 Å². The van der Waals surface area contributed by atoms with Crippen LogP contribution in [0.4, 0.5) is 0 Å². The van der Waals surface area contributed by atoms with Gasteiger partial charge in [-0.2, -0.15) is 0 Å². The highest BCUT2D eigenvalue weighted by atomic mass is 16.5. The van der Waals surface area contributed by atoms with E-state index in [1.54, 1.807) is 0 Å². The molecule has 0 aromatic rings. The standard InChI is InChI=1S/C15H29NO2/c1-6-11(7-2)13(12-8-9-16-10-12)18-14(17)15(3,4)5/h11-13,16H,6-10H2,1-5H3/t12-,13+/m0/s1. The lowest BCUT2D eigenvalue weighted by atomic mass is 9.86. The van der Waals surface area contributed by atoms with Crippen molar-refractivity contribution in [3.8, 4) is 0 Å². The number of nitrogens with one attached hydrogen (secondary N) is 1. The van der Waals surface area contributed by atoms with E-state index < -0.39 is 5.41 Å². The molecule has 0 aromatic carbocycles. The molecule has 1 fully saturated rings. The molecule has 0 unspecified atom stereocenters. The molecule has 106 valence electrons. The number of hydrogen-bond donors (Lipinski definition) is 1. The van der Waals surface area contributed by atoms with E-state index in [4.69, 9.17) is 4.74 Å². The van der Waals surface area contributed by atoms with Crippen LogP contribution < -0.4 is 5.32 Å². The Morgan fingerprint density at radius 2 is 1.94 bits per heavy atom. The zero-order valence-corrected chi connectivity index (χ0v) is 12.6. The lowest BCUT2D eigenvalue weighted by molar-refractivity contribution is -0.165. The van der Waals surface area contributed by atoms with E-state index >= 15 is 0 Å². The quantitative estimate of drug-likeness (QED) is 0.768. The molecule has 0 bridgehead atoms. The molecule has 0 radical (unpaired) electrons. The van der Waals surface area contributed by atoms with Gasteiger partial charge < -0.3 is 10.1 Å². The molecule has 0 aliphatic carbocycles. The molecule has 0 spiro atoms. The van der Waals surface area contributed by atoms with Crippen molar-refractivity contribution in [1.82, 2.24) is 5.32 Å². The summed E-state index contributed by atoms with van der Waals surface area (Å²) in [6, 6.07) is 0. The van der Waals surface area contributed by atoms with Gasteiger partial charge in [0.2, 0.25) is 0 Å². The average Bonchev–Trinajstić information content (AvgIpc) is 2.81. The van der Waals surface area contributed by atoms with Crippen molar-refractivity contribution >= 4 is 5.97 Å². The van der Waals surface area contributed by atoms with Crippen molar-refractivity contribution in [3.05, 3.63) is 0 Å². The summed E-state index contributed by atoms with van der Waals surface area (Å²) in [5, 5.41) is 3.38. The third-order valence-electron chi connectivity index (χ3n) is 3.93. The predicted molar refractivity (Wildman–Crippen MR) is 74.4 cm³/mol. The molecule has 1 heterocycles. The maximum Gasteiger partial charge on any atom is 0.311 e. The first kappa shape index (κ1) is 15.5. The van der Waals surface area contributed by atoms with Crippen LogP contribution in [0.5, 0.6) is 0 Å². The zero-order chi connectivity index (χ0) is 13.8. The highest BCUT2D eigenvalue weighted by Gasteiger charge is 2.35. The Morgan fingerprint density at radius 1 is 1.33 bits per heavy atom. The van der Waals surface area contributed by atoms with Gasteiger partial charge in [-0.3, -0.25) is 4.79 Å². The Bertz CT molecular complexity index is 258. The zero-order valence-electron chi connectivity index (χ0n) is 12.6. The molecule has 18 heavy (non-hydrogen) atoms. The first-order chi connectivity index (χ1) is 8.40. The molecule has 1 aliphatic heterocycles. The van der Waals surface area contributed by atoms with E-state index in [-0.39, 0.29) is 12.1 Å². The Hall–Kier alpha value is -0.570. The number of rotatable bonds is 5. The molecule has 2 atom stereocenters. The number of carbonyl (C=O) groups excluding carboxylic acids is 1. The summed E-state index contributed by atoms with van der Waals surface area (Å²) in [5.41, 5.74) is -0.406. The van der Waals surface area contributed by atoms with E-state index in [0.717, 1.165) is 32.4 Å². The van der Waals surface area contributed by atoms with E-state index in [2.05, 4.69) is 19.2 Å². The first-order valence-electron chi connectivity index (χ1n) is 7.31. The minimum atomic E-state index is -0.406. The maximum absolute atomic E-state index is 12.1. The second-order valence-electron chi connectivity index (χ2n) is 6.45. The minimum absolute atomic E-state index is 0.0636. The van der Waals surface area contributed by atoms with E-state index in [0.29, 0.717) is 11.8 Å². The molecule has 0 amide bonds. The maximum atomic E-state index is 12.1. The summed E-state index contributed by atoms with van der Waals surface area (Å²) >= 11 is 0. The van der Waals surface area contributed by atoms with Gasteiger partial charge in [0.25, 0.3) is 0 Å². The SMILES string of the molecule is CCC(CC)[C@@H](OC(=O)C(C)(C)C)[C@H]1CCNC1. The van der Waals surface area contributed by atoms with Crippen LogP contribution in [0.25, 0.3) is 0 Å². The highest BCUT2D eigenvalue weighted by Crippen LogP contribution is 2.29. The van der Waals surface area contributed by atoms with Crippen molar-refractivity contribution in [2.45, 2.75) is 60.0 Å². The molecule has 3 nitrogen and oxygen atoms in total. The molecule has 0 saturated carbocycles. The molecule has 3 heteroatoms. The minimum Gasteiger partial charge on any atom is -0.461 e. The van der Waals surface area contributed by atoms with Gasteiger partial charge in [-0.1, -0.05) is 13.8 Å². The van der Waals surface area contributed by atoms with Crippen LogP contribution in [0.1, 0.15) is 53.9 Å². The molecule has 1 N–H and O–H groups in total. The van der Waals surface area contributed by atoms with Crippen molar-refractivity contribution in [2.75, 3.05) is 13.1 Å². The molecular formula is C15H29NO2. The second kappa shape index (κ2) is 6.55. The fraction of sp³-hybridized carbons (Fsp3) is 0.933. The van der Waals surface area contributed by atoms with Gasteiger partial charge in [-0.05, 0) is 52.5 Å². The lowest BCUT2D eigenvalue weighted by Gasteiger charge is -2.32. The first-order valence-corrected chi connectivity index (χ1v) is 7.31. The summed E-state index contributed by atoms with van der Waals surface area (Å²) in [7, 11) is 0. The Balaban J connectivity index is 2.73. The monoisotopic (exact) mass is 255 g/mol. The van der Waals surface area contributed by atoms with Crippen LogP contribution in [-0.2, 0) is 9.53 Å². The summed E-state index contributed by atoms with van der Waals surface area (Å²) in [6.45, 7) is 12.2. The normalized spacial score (nSPS) is 22.2. The predicted octanol–water partition coefficient (Wildman–Crippen LogP) is 2.99. The van der Waals surface area contributed by atoms with Crippen molar-refractivity contribution < 1.29 is 9.53 Å². The van der Waals surface area contributed by atoms with E-state index in [1.165, 1.54) is 0 Å². The summed E-state index contributed by atoms with van der Waals surface area (Å²) in [5.74, 6) is 0.911. The van der Waals surface area contributed by atoms with Crippen LogP contribution in [0.2, 0.25) is 0 Å². The van der Waals surface area contributed by atoms with E-state index in [9.17, 15) is 4.79 Å². The Kier molecular flexibility index (Phi) is 5.64. The Morgan fingerprint density at radius 3 is 2.33 bits per heavy atom. The summed E-state index contributed by atoms with van der Waals surface area (Å²) in [6.07, 6.45) is 3.37. The van der Waals surface area contributed by atoms with Crippen LogP contribution in [-0.4, -0.2) is 25.2 Å². The van der Waals surface area contributed by atoms with Gasteiger partial charge in [0.1, 0.15) is 6.10 Å². The summed E-state index contributed by atoms with van der Waals surface area (Å²) in [4.78, 5) is 12.1. The topological polar surface area (TPSA) is 38.3 Å². The van der Waals surface area contributed by atoms with Crippen molar-refractivity contribution in [1.29, 1.82) is 0 Å². The fourth-order valence-electron chi connectivity index (χ4n) is 2.59. The van der Waals surface area contributed by atoms with Crippen LogP contribution >= 0.6 is 0 Å². The third kappa shape index (κ3) is 3.98. The second-order valence-corrected chi connectivity index (χ2v) is 6.45.